The summed E-state index contributed by atoms with van der Waals surface area (Å²) < 4.78 is 22.6. The molecular formula is C23H24ClFN4O2S. The third kappa shape index (κ3) is 4.67. The summed E-state index contributed by atoms with van der Waals surface area (Å²) in [5.74, 6) is 0.612. The lowest BCUT2D eigenvalue weighted by Crippen LogP contribution is -2.24. The van der Waals surface area contributed by atoms with E-state index in [0.29, 0.717) is 46.7 Å². The van der Waals surface area contributed by atoms with E-state index in [1.165, 1.54) is 23.9 Å². The summed E-state index contributed by atoms with van der Waals surface area (Å²) >= 11 is 7.62. The van der Waals surface area contributed by atoms with Crippen LogP contribution in [0.3, 0.4) is 0 Å². The molecule has 0 amide bonds. The molecule has 9 heteroatoms. The van der Waals surface area contributed by atoms with Gasteiger partial charge < -0.3 is 4.74 Å². The fraction of sp³-hybridized carbons (Fsp3) is 0.348. The van der Waals surface area contributed by atoms with Crippen molar-refractivity contribution in [3.63, 3.8) is 0 Å². The summed E-state index contributed by atoms with van der Waals surface area (Å²) in [6.07, 6.45) is 0.825. The van der Waals surface area contributed by atoms with Crippen molar-refractivity contribution >= 4 is 40.0 Å². The van der Waals surface area contributed by atoms with Gasteiger partial charge in [0.2, 0.25) is 5.78 Å². The number of ether oxygens (including phenoxy) is 1. The van der Waals surface area contributed by atoms with Gasteiger partial charge in [0, 0.05) is 23.9 Å². The Kier molecular flexibility index (Phi) is 6.83. The van der Waals surface area contributed by atoms with Gasteiger partial charge in [-0.05, 0) is 57.0 Å². The summed E-state index contributed by atoms with van der Waals surface area (Å²) in [5.41, 5.74) is 2.47. The Morgan fingerprint density at radius 1 is 1.19 bits per heavy atom. The number of hydrogen-bond donors (Lipinski definition) is 0. The first kappa shape index (κ1) is 22.8. The molecule has 0 aliphatic heterocycles. The molecule has 0 spiro atoms. The van der Waals surface area contributed by atoms with E-state index in [0.717, 1.165) is 16.6 Å². The molecule has 0 radical (unpaired) electrons. The molecule has 0 aliphatic carbocycles. The van der Waals surface area contributed by atoms with E-state index < -0.39 is 0 Å². The number of fused-ring (bicyclic) bond motifs is 3. The van der Waals surface area contributed by atoms with Gasteiger partial charge in [0.1, 0.15) is 5.82 Å². The first-order chi connectivity index (χ1) is 15.3. The maximum absolute atomic E-state index is 13.4. The Labute approximate surface area is 194 Å². The van der Waals surface area contributed by atoms with E-state index in [1.54, 1.807) is 10.6 Å². The number of nitrogens with zero attached hydrogens (tertiary/aromatic N) is 4. The predicted octanol–water partition coefficient (Wildman–Crippen LogP) is 5.25. The van der Waals surface area contributed by atoms with Crippen LogP contribution in [-0.4, -0.2) is 31.9 Å². The highest BCUT2D eigenvalue weighted by atomic mass is 35.5. The molecule has 0 bridgehead atoms. The quantitative estimate of drug-likeness (QED) is 0.258. The molecule has 32 heavy (non-hydrogen) atoms. The minimum Gasteiger partial charge on any atom is -0.379 e. The van der Waals surface area contributed by atoms with Crippen molar-refractivity contribution in [1.82, 2.24) is 19.2 Å². The van der Waals surface area contributed by atoms with Gasteiger partial charge in [-0.25, -0.2) is 4.39 Å². The second-order valence-corrected chi connectivity index (χ2v) is 9.24. The van der Waals surface area contributed by atoms with Crippen LogP contribution in [0.15, 0.2) is 46.3 Å². The van der Waals surface area contributed by atoms with Crippen molar-refractivity contribution in [2.24, 2.45) is 0 Å². The molecule has 0 unspecified atom stereocenters. The van der Waals surface area contributed by atoms with Crippen LogP contribution in [0, 0.1) is 12.7 Å². The molecule has 2 heterocycles. The monoisotopic (exact) mass is 474 g/mol. The first-order valence-electron chi connectivity index (χ1n) is 10.4. The fourth-order valence-corrected chi connectivity index (χ4v) is 4.78. The molecule has 6 nitrogen and oxygen atoms in total. The van der Waals surface area contributed by atoms with Crippen LogP contribution in [0.2, 0.25) is 5.02 Å². The average Bonchev–Trinajstić information content (AvgIpc) is 3.16. The molecule has 2 aromatic carbocycles. The Morgan fingerprint density at radius 3 is 2.75 bits per heavy atom. The second kappa shape index (κ2) is 9.60. The number of halogens is 2. The zero-order chi connectivity index (χ0) is 22.8. The van der Waals surface area contributed by atoms with Crippen molar-refractivity contribution in [2.75, 3.05) is 6.61 Å². The molecule has 0 aliphatic rings. The lowest BCUT2D eigenvalue weighted by atomic mass is 10.1. The highest BCUT2D eigenvalue weighted by Crippen LogP contribution is 2.28. The van der Waals surface area contributed by atoms with Crippen LogP contribution in [0.5, 0.6) is 0 Å². The molecule has 2 aromatic heterocycles. The topological polar surface area (TPSA) is 61.4 Å². The van der Waals surface area contributed by atoms with Crippen LogP contribution in [0.1, 0.15) is 31.4 Å². The molecule has 168 valence electrons. The second-order valence-electron chi connectivity index (χ2n) is 7.89. The zero-order valence-corrected chi connectivity index (χ0v) is 19.7. The normalized spacial score (nSPS) is 11.8. The lowest BCUT2D eigenvalue weighted by molar-refractivity contribution is 0.0748. The van der Waals surface area contributed by atoms with Gasteiger partial charge in [-0.15, -0.1) is 10.2 Å². The van der Waals surface area contributed by atoms with Gasteiger partial charge in [0.05, 0.1) is 17.0 Å². The molecule has 0 atom stereocenters. The van der Waals surface area contributed by atoms with Gasteiger partial charge in [0.15, 0.2) is 5.16 Å². The van der Waals surface area contributed by atoms with Crippen LogP contribution >= 0.6 is 23.4 Å². The molecule has 4 aromatic rings. The van der Waals surface area contributed by atoms with Crippen molar-refractivity contribution in [1.29, 1.82) is 0 Å². The smallest absolute Gasteiger partial charge is 0.262 e. The number of aryl methyl sites for hydroxylation is 2. The van der Waals surface area contributed by atoms with Crippen LogP contribution in [0.25, 0.3) is 16.7 Å². The lowest BCUT2D eigenvalue weighted by Gasteiger charge is -2.13. The van der Waals surface area contributed by atoms with Crippen molar-refractivity contribution in [3.8, 4) is 0 Å². The van der Waals surface area contributed by atoms with Gasteiger partial charge in [-0.1, -0.05) is 41.1 Å². The van der Waals surface area contributed by atoms with E-state index in [-0.39, 0.29) is 17.5 Å². The maximum Gasteiger partial charge on any atom is 0.262 e. The first-order valence-corrected chi connectivity index (χ1v) is 11.8. The summed E-state index contributed by atoms with van der Waals surface area (Å²) in [7, 11) is 0. The van der Waals surface area contributed by atoms with E-state index in [4.69, 9.17) is 16.3 Å². The fourth-order valence-electron chi connectivity index (χ4n) is 3.52. The third-order valence-corrected chi connectivity index (χ3v) is 6.40. The summed E-state index contributed by atoms with van der Waals surface area (Å²) in [6.45, 7) is 6.96. The molecule has 0 saturated heterocycles. The van der Waals surface area contributed by atoms with Gasteiger partial charge in [-0.3, -0.25) is 13.8 Å². The molecule has 0 saturated carbocycles. The highest BCUT2D eigenvalue weighted by Gasteiger charge is 2.17. The van der Waals surface area contributed by atoms with Gasteiger partial charge in [0.25, 0.3) is 5.56 Å². The summed E-state index contributed by atoms with van der Waals surface area (Å²) in [5, 5.41) is 10.3. The standard InChI is InChI=1S/C23H24ClFN4O2S/c1-14(2)31-10-4-9-28-21(30)18-11-15(3)5-8-20(18)29-22(28)26-27-23(29)32-13-16-6-7-17(25)12-19(16)24/h5-8,11-12,14H,4,9-10,13H2,1-3H3. The Balaban J connectivity index is 1.74. The van der Waals surface area contributed by atoms with Crippen LogP contribution < -0.4 is 5.56 Å². The predicted molar refractivity (Wildman–Crippen MR) is 126 cm³/mol. The van der Waals surface area contributed by atoms with Gasteiger partial charge >= 0.3 is 0 Å². The molecular weight excluding hydrogens is 451 g/mol. The number of benzene rings is 2. The largest absolute Gasteiger partial charge is 0.379 e. The molecule has 4 rings (SSSR count). The minimum atomic E-state index is -0.372. The SMILES string of the molecule is Cc1ccc2c(c1)c(=O)n(CCCOC(C)C)c1nnc(SCc3ccc(F)cc3Cl)n21. The molecule has 0 fully saturated rings. The van der Waals surface area contributed by atoms with E-state index >= 15 is 0 Å². The van der Waals surface area contributed by atoms with Crippen LogP contribution in [0.4, 0.5) is 4.39 Å². The number of thioether (sulfide) groups is 1. The van der Waals surface area contributed by atoms with E-state index in [2.05, 4.69) is 10.2 Å². The van der Waals surface area contributed by atoms with Crippen molar-refractivity contribution in [3.05, 3.63) is 68.7 Å². The van der Waals surface area contributed by atoms with Gasteiger partial charge in [-0.2, -0.15) is 0 Å². The van der Waals surface area contributed by atoms with E-state index in [9.17, 15) is 9.18 Å². The zero-order valence-electron chi connectivity index (χ0n) is 18.1. The molecule has 0 N–H and O–H groups in total. The highest BCUT2D eigenvalue weighted by molar-refractivity contribution is 7.98. The van der Waals surface area contributed by atoms with E-state index in [1.807, 2.05) is 43.4 Å². The maximum atomic E-state index is 13.4. The Bertz CT molecular complexity index is 1340. The number of rotatable bonds is 8. The number of aromatic nitrogens is 4. The Hall–Kier alpha value is -2.42. The summed E-state index contributed by atoms with van der Waals surface area (Å²) in [4.78, 5) is 13.3. The summed E-state index contributed by atoms with van der Waals surface area (Å²) in [6, 6.07) is 10.1. The third-order valence-electron chi connectivity index (χ3n) is 5.08. The minimum absolute atomic E-state index is 0.0914. The van der Waals surface area contributed by atoms with Crippen molar-refractivity contribution < 1.29 is 9.13 Å². The van der Waals surface area contributed by atoms with Crippen molar-refractivity contribution in [2.45, 2.75) is 50.8 Å². The average molecular weight is 475 g/mol. The van der Waals surface area contributed by atoms with Crippen LogP contribution in [-0.2, 0) is 17.0 Å². The number of hydrogen-bond acceptors (Lipinski definition) is 5. The Morgan fingerprint density at radius 2 is 2.00 bits per heavy atom.